The first kappa shape index (κ1) is 19.2. The smallest absolute Gasteiger partial charge is 0.325 e. The highest BCUT2D eigenvalue weighted by Gasteiger charge is 2.13. The van der Waals surface area contributed by atoms with Crippen LogP contribution in [-0.2, 0) is 16.1 Å². The number of nitrogens with zero attached hydrogens (tertiary/aromatic N) is 2. The van der Waals surface area contributed by atoms with Gasteiger partial charge in [0.1, 0.15) is 12.3 Å². The number of hydrogen-bond acceptors (Lipinski definition) is 6. The number of benzene rings is 2. The van der Waals surface area contributed by atoms with Crippen molar-refractivity contribution in [2.24, 2.45) is 4.99 Å². The molecular weight excluding hydrogens is 384 g/mol. The zero-order valence-corrected chi connectivity index (χ0v) is 16.7. The molecule has 8 heteroatoms. The normalized spacial score (nSPS) is 11.6. The fourth-order valence-electron chi connectivity index (χ4n) is 2.52. The molecule has 0 aliphatic heterocycles. The molecule has 140 valence electrons. The lowest BCUT2D eigenvalue weighted by Gasteiger charge is -2.04. The van der Waals surface area contributed by atoms with Crippen LogP contribution in [0.5, 0.6) is 5.75 Å². The van der Waals surface area contributed by atoms with Crippen LogP contribution in [0.3, 0.4) is 0 Å². The van der Waals surface area contributed by atoms with Gasteiger partial charge in [0, 0.05) is 10.5 Å². The fourth-order valence-corrected chi connectivity index (χ4v) is 4.04. The zero-order chi connectivity index (χ0) is 19.4. The van der Waals surface area contributed by atoms with Crippen LogP contribution in [0.2, 0.25) is 0 Å². The van der Waals surface area contributed by atoms with Crippen LogP contribution in [0.4, 0.5) is 0 Å². The largest absolute Gasteiger partial charge is 0.497 e. The number of thiazole rings is 1. The van der Waals surface area contributed by atoms with Gasteiger partial charge >= 0.3 is 5.97 Å². The topological polar surface area (TPSA) is 69.9 Å². The summed E-state index contributed by atoms with van der Waals surface area (Å²) < 4.78 is 12.6. The van der Waals surface area contributed by atoms with Crippen molar-refractivity contribution in [1.29, 1.82) is 0 Å². The van der Waals surface area contributed by atoms with Crippen LogP contribution in [-0.4, -0.2) is 36.9 Å². The number of methoxy groups -OCH3 is 2. The van der Waals surface area contributed by atoms with Gasteiger partial charge < -0.3 is 14.0 Å². The third kappa shape index (κ3) is 4.23. The Morgan fingerprint density at radius 1 is 1.19 bits per heavy atom. The van der Waals surface area contributed by atoms with Gasteiger partial charge in [0.2, 0.25) is 0 Å². The minimum atomic E-state index is -0.413. The Labute approximate surface area is 164 Å². The molecule has 6 nitrogen and oxygen atoms in total. The second-order valence-electron chi connectivity index (χ2n) is 5.53. The van der Waals surface area contributed by atoms with Gasteiger partial charge in [-0.3, -0.25) is 9.59 Å². The van der Waals surface area contributed by atoms with E-state index in [4.69, 9.17) is 9.47 Å². The number of amides is 1. The molecule has 0 saturated heterocycles. The van der Waals surface area contributed by atoms with E-state index in [0.717, 1.165) is 15.1 Å². The first-order valence-corrected chi connectivity index (χ1v) is 10.1. The maximum absolute atomic E-state index is 12.7. The van der Waals surface area contributed by atoms with Crippen molar-refractivity contribution >= 4 is 45.2 Å². The van der Waals surface area contributed by atoms with Crippen LogP contribution in [0, 0.1) is 0 Å². The number of fused-ring (bicyclic) bond motifs is 1. The van der Waals surface area contributed by atoms with Crippen molar-refractivity contribution in [2.75, 3.05) is 20.5 Å². The first-order chi connectivity index (χ1) is 13.0. The molecule has 3 rings (SSSR count). The van der Waals surface area contributed by atoms with E-state index in [2.05, 4.69) is 4.99 Å². The lowest BCUT2D eigenvalue weighted by molar-refractivity contribution is -0.141. The van der Waals surface area contributed by atoms with Gasteiger partial charge in [0.25, 0.3) is 5.91 Å². The summed E-state index contributed by atoms with van der Waals surface area (Å²) in [5.74, 6) is -0.0775. The second-order valence-corrected chi connectivity index (χ2v) is 7.42. The van der Waals surface area contributed by atoms with E-state index >= 15 is 0 Å². The number of thioether (sulfide) groups is 1. The highest BCUT2D eigenvalue weighted by molar-refractivity contribution is 7.98. The zero-order valence-electron chi connectivity index (χ0n) is 15.1. The Balaban J connectivity index is 2.12. The van der Waals surface area contributed by atoms with E-state index < -0.39 is 5.97 Å². The average molecular weight is 402 g/mol. The quantitative estimate of drug-likeness (QED) is 0.484. The van der Waals surface area contributed by atoms with Crippen LogP contribution < -0.4 is 9.54 Å². The van der Waals surface area contributed by atoms with Gasteiger partial charge in [-0.15, -0.1) is 11.8 Å². The molecule has 0 aliphatic rings. The van der Waals surface area contributed by atoms with Crippen molar-refractivity contribution in [2.45, 2.75) is 11.4 Å². The predicted octanol–water partition coefficient (Wildman–Crippen LogP) is 3.35. The van der Waals surface area contributed by atoms with E-state index in [9.17, 15) is 9.59 Å². The van der Waals surface area contributed by atoms with E-state index in [-0.39, 0.29) is 12.5 Å². The van der Waals surface area contributed by atoms with Gasteiger partial charge in [0.15, 0.2) is 4.80 Å². The molecule has 0 aliphatic carbocycles. The molecule has 0 fully saturated rings. The molecule has 0 unspecified atom stereocenters. The maximum Gasteiger partial charge on any atom is 0.325 e. The number of ether oxygens (including phenoxy) is 2. The Bertz CT molecular complexity index is 1070. The Kier molecular flexibility index (Phi) is 5.98. The van der Waals surface area contributed by atoms with Gasteiger partial charge in [-0.25, -0.2) is 0 Å². The number of aromatic nitrogens is 1. The summed E-state index contributed by atoms with van der Waals surface area (Å²) >= 11 is 2.88. The second kappa shape index (κ2) is 8.41. The highest BCUT2D eigenvalue weighted by atomic mass is 32.2. The summed E-state index contributed by atoms with van der Waals surface area (Å²) in [6, 6.07) is 12.8. The summed E-state index contributed by atoms with van der Waals surface area (Å²) in [5, 5.41) is 0. The molecule has 1 aromatic heterocycles. The van der Waals surface area contributed by atoms with Crippen molar-refractivity contribution in [3.8, 4) is 5.75 Å². The molecule has 27 heavy (non-hydrogen) atoms. The van der Waals surface area contributed by atoms with Crippen molar-refractivity contribution in [3.63, 3.8) is 0 Å². The molecule has 1 heterocycles. The van der Waals surface area contributed by atoms with Crippen molar-refractivity contribution in [3.05, 3.63) is 52.8 Å². The maximum atomic E-state index is 12.7. The van der Waals surface area contributed by atoms with Crippen LogP contribution in [0.25, 0.3) is 10.2 Å². The fraction of sp³-hybridized carbons (Fsp3) is 0.211. The summed E-state index contributed by atoms with van der Waals surface area (Å²) in [5.41, 5.74) is 1.29. The monoisotopic (exact) mass is 402 g/mol. The average Bonchev–Trinajstić information content (AvgIpc) is 3.03. The van der Waals surface area contributed by atoms with E-state index in [0.29, 0.717) is 16.1 Å². The summed E-state index contributed by atoms with van der Waals surface area (Å²) in [7, 11) is 2.92. The Morgan fingerprint density at radius 3 is 2.70 bits per heavy atom. The summed E-state index contributed by atoms with van der Waals surface area (Å²) in [6.45, 7) is -0.0280. The Hall–Kier alpha value is -2.58. The van der Waals surface area contributed by atoms with Crippen LogP contribution >= 0.6 is 23.1 Å². The van der Waals surface area contributed by atoms with Crippen molar-refractivity contribution < 1.29 is 19.1 Å². The van der Waals surface area contributed by atoms with Gasteiger partial charge in [-0.2, -0.15) is 4.99 Å². The standard InChI is InChI=1S/C19H18N2O4S2/c1-24-13-7-8-15-16(10-13)27-19(21(15)11-17(22)25-2)20-18(23)12-5-4-6-14(9-12)26-3/h4-10H,11H2,1-3H3. The van der Waals surface area contributed by atoms with E-state index in [1.165, 1.54) is 18.4 Å². The number of esters is 1. The lowest BCUT2D eigenvalue weighted by atomic mass is 10.2. The lowest BCUT2D eigenvalue weighted by Crippen LogP contribution is -2.22. The van der Waals surface area contributed by atoms with E-state index in [1.807, 2.05) is 30.5 Å². The molecule has 0 radical (unpaired) electrons. The molecule has 0 atom stereocenters. The molecule has 2 aromatic carbocycles. The minimum Gasteiger partial charge on any atom is -0.497 e. The molecule has 3 aromatic rings. The number of carbonyl (C=O) groups is 2. The van der Waals surface area contributed by atoms with Crippen molar-refractivity contribution in [1.82, 2.24) is 4.57 Å². The number of carbonyl (C=O) groups excluding carboxylic acids is 2. The van der Waals surface area contributed by atoms with Gasteiger partial charge in [-0.1, -0.05) is 17.4 Å². The van der Waals surface area contributed by atoms with Crippen LogP contribution in [0.15, 0.2) is 52.4 Å². The predicted molar refractivity (Wildman–Crippen MR) is 106 cm³/mol. The molecule has 0 bridgehead atoms. The minimum absolute atomic E-state index is 0.0280. The third-order valence-electron chi connectivity index (χ3n) is 3.92. The molecule has 0 N–H and O–H groups in total. The molecule has 1 amide bonds. The van der Waals surface area contributed by atoms with Gasteiger partial charge in [-0.05, 0) is 42.7 Å². The third-order valence-corrected chi connectivity index (χ3v) is 5.69. The Morgan fingerprint density at radius 2 is 2.00 bits per heavy atom. The highest BCUT2D eigenvalue weighted by Crippen LogP contribution is 2.23. The SMILES string of the molecule is COC(=O)Cn1c(=NC(=O)c2cccc(SC)c2)sc2cc(OC)ccc21. The first-order valence-electron chi connectivity index (χ1n) is 8.03. The number of rotatable bonds is 5. The summed E-state index contributed by atoms with van der Waals surface area (Å²) in [6.07, 6.45) is 1.95. The van der Waals surface area contributed by atoms with Gasteiger partial charge in [0.05, 0.1) is 24.4 Å². The van der Waals surface area contributed by atoms with E-state index in [1.54, 1.807) is 41.6 Å². The summed E-state index contributed by atoms with van der Waals surface area (Å²) in [4.78, 5) is 30.2. The molecule has 0 spiro atoms. The number of hydrogen-bond donors (Lipinski definition) is 0. The molecular formula is C19H18N2O4S2. The van der Waals surface area contributed by atoms with Crippen LogP contribution in [0.1, 0.15) is 10.4 Å². The molecule has 0 saturated carbocycles.